The van der Waals surface area contributed by atoms with E-state index in [9.17, 15) is 18.0 Å². The van der Waals surface area contributed by atoms with Crippen LogP contribution in [0.25, 0.3) is 0 Å². The second-order valence-electron chi connectivity index (χ2n) is 5.18. The van der Waals surface area contributed by atoms with Crippen LogP contribution in [0.4, 0.5) is 13.2 Å². The first-order valence-electron chi connectivity index (χ1n) is 7.31. The topological polar surface area (TPSA) is 51.2 Å². The van der Waals surface area contributed by atoms with Gasteiger partial charge in [0, 0.05) is 6.20 Å². The van der Waals surface area contributed by atoms with Crippen molar-refractivity contribution in [1.29, 1.82) is 0 Å². The van der Waals surface area contributed by atoms with Crippen molar-refractivity contribution in [1.82, 2.24) is 10.3 Å². The fraction of sp³-hybridized carbons (Fsp3) is 0.294. The average molecular weight is 338 g/mol. The molecule has 1 amide bonds. The summed E-state index contributed by atoms with van der Waals surface area (Å²) in [6.45, 7) is -0.192. The van der Waals surface area contributed by atoms with Crippen LogP contribution in [0.2, 0.25) is 0 Å². The molecule has 4 nitrogen and oxygen atoms in total. The van der Waals surface area contributed by atoms with E-state index in [4.69, 9.17) is 0 Å². The van der Waals surface area contributed by atoms with Crippen molar-refractivity contribution < 1.29 is 22.7 Å². The van der Waals surface area contributed by atoms with Gasteiger partial charge >= 0.3 is 6.18 Å². The molecule has 0 fully saturated rings. The number of aromatic nitrogens is 1. The van der Waals surface area contributed by atoms with Gasteiger partial charge in [0.2, 0.25) is 5.91 Å². The summed E-state index contributed by atoms with van der Waals surface area (Å²) in [6, 6.07) is 13.7. The van der Waals surface area contributed by atoms with Crippen LogP contribution in [0.3, 0.4) is 0 Å². The Labute approximate surface area is 137 Å². The number of ether oxygens (including phenoxy) is 1. The molecule has 2 unspecified atom stereocenters. The Balaban J connectivity index is 2.13. The van der Waals surface area contributed by atoms with E-state index in [0.29, 0.717) is 5.69 Å². The van der Waals surface area contributed by atoms with Crippen molar-refractivity contribution in [2.24, 2.45) is 0 Å². The van der Waals surface area contributed by atoms with Gasteiger partial charge < -0.3 is 10.1 Å². The van der Waals surface area contributed by atoms with Gasteiger partial charge in [0.05, 0.1) is 11.7 Å². The Kier molecular flexibility index (Phi) is 5.92. The Morgan fingerprint density at radius 3 is 2.42 bits per heavy atom. The fourth-order valence-corrected chi connectivity index (χ4v) is 2.08. The van der Waals surface area contributed by atoms with Crippen LogP contribution in [0.1, 0.15) is 24.2 Å². The third-order valence-electron chi connectivity index (χ3n) is 3.27. The standard InChI is InChI=1S/C17H17F3N2O2/c1-12(24-11-17(18,19)20)16(23)22-15(13-7-3-2-4-8-13)14-9-5-6-10-21-14/h2-10,12,15H,11H2,1H3,(H,22,23). The predicted molar refractivity (Wildman–Crippen MR) is 82.1 cm³/mol. The number of amides is 1. The predicted octanol–water partition coefficient (Wildman–Crippen LogP) is 3.25. The molecule has 24 heavy (non-hydrogen) atoms. The van der Waals surface area contributed by atoms with E-state index in [1.165, 1.54) is 6.92 Å². The minimum Gasteiger partial charge on any atom is -0.359 e. The SMILES string of the molecule is CC(OCC(F)(F)F)C(=O)NC(c1ccccc1)c1ccccn1. The summed E-state index contributed by atoms with van der Waals surface area (Å²) in [7, 11) is 0. The maximum atomic E-state index is 12.2. The maximum Gasteiger partial charge on any atom is 0.411 e. The van der Waals surface area contributed by atoms with Gasteiger partial charge in [0.15, 0.2) is 0 Å². The number of alkyl halides is 3. The number of nitrogens with one attached hydrogen (secondary N) is 1. The minimum absolute atomic E-state index is 0.572. The zero-order chi connectivity index (χ0) is 17.6. The van der Waals surface area contributed by atoms with E-state index < -0.39 is 30.8 Å². The molecule has 1 heterocycles. The molecule has 0 spiro atoms. The maximum absolute atomic E-state index is 12.2. The second kappa shape index (κ2) is 7.92. The number of carbonyl (C=O) groups excluding carboxylic acids is 1. The molecule has 128 valence electrons. The van der Waals surface area contributed by atoms with Crippen molar-refractivity contribution >= 4 is 5.91 Å². The third-order valence-corrected chi connectivity index (χ3v) is 3.27. The highest BCUT2D eigenvalue weighted by molar-refractivity contribution is 5.81. The van der Waals surface area contributed by atoms with Crippen molar-refractivity contribution in [2.75, 3.05) is 6.61 Å². The quantitative estimate of drug-likeness (QED) is 0.880. The highest BCUT2D eigenvalue weighted by Crippen LogP contribution is 2.21. The number of halogens is 3. The smallest absolute Gasteiger partial charge is 0.359 e. The van der Waals surface area contributed by atoms with Crippen LogP contribution in [0, 0.1) is 0 Å². The molecule has 0 aliphatic rings. The third kappa shape index (κ3) is 5.34. The van der Waals surface area contributed by atoms with E-state index >= 15 is 0 Å². The Hall–Kier alpha value is -2.41. The molecule has 0 aliphatic carbocycles. The molecule has 2 aromatic rings. The molecule has 2 rings (SSSR count). The normalized spacial score (nSPS) is 14.0. The fourth-order valence-electron chi connectivity index (χ4n) is 2.08. The lowest BCUT2D eigenvalue weighted by Gasteiger charge is -2.21. The lowest BCUT2D eigenvalue weighted by molar-refractivity contribution is -0.185. The Morgan fingerprint density at radius 1 is 1.17 bits per heavy atom. The van der Waals surface area contributed by atoms with Crippen LogP contribution >= 0.6 is 0 Å². The Bertz CT molecular complexity index is 608. The summed E-state index contributed by atoms with van der Waals surface area (Å²) < 4.78 is 41.2. The van der Waals surface area contributed by atoms with Crippen LogP contribution < -0.4 is 5.32 Å². The second-order valence-corrected chi connectivity index (χ2v) is 5.18. The molecule has 1 N–H and O–H groups in total. The molecule has 1 aromatic heterocycles. The van der Waals surface area contributed by atoms with E-state index in [-0.39, 0.29) is 0 Å². The lowest BCUT2D eigenvalue weighted by Crippen LogP contribution is -2.39. The highest BCUT2D eigenvalue weighted by Gasteiger charge is 2.30. The average Bonchev–Trinajstić information content (AvgIpc) is 2.58. The molecule has 2 atom stereocenters. The van der Waals surface area contributed by atoms with Crippen LogP contribution in [-0.4, -0.2) is 29.8 Å². The first kappa shape index (κ1) is 17.9. The number of carbonyl (C=O) groups is 1. The monoisotopic (exact) mass is 338 g/mol. The van der Waals surface area contributed by atoms with Gasteiger partial charge in [-0.2, -0.15) is 13.2 Å². The Morgan fingerprint density at radius 2 is 1.83 bits per heavy atom. The minimum atomic E-state index is -4.48. The molecule has 0 radical (unpaired) electrons. The van der Waals surface area contributed by atoms with Gasteiger partial charge in [-0.05, 0) is 24.6 Å². The van der Waals surface area contributed by atoms with E-state index in [0.717, 1.165) is 5.56 Å². The molecule has 7 heteroatoms. The van der Waals surface area contributed by atoms with Crippen LogP contribution in [0.5, 0.6) is 0 Å². The van der Waals surface area contributed by atoms with Gasteiger partial charge in [-0.25, -0.2) is 0 Å². The zero-order valence-corrected chi connectivity index (χ0v) is 13.0. The van der Waals surface area contributed by atoms with Crippen molar-refractivity contribution in [3.05, 3.63) is 66.0 Å². The molecule has 0 saturated heterocycles. The van der Waals surface area contributed by atoms with Crippen molar-refractivity contribution in [2.45, 2.75) is 25.2 Å². The summed E-state index contributed by atoms with van der Waals surface area (Å²) in [5.41, 5.74) is 1.35. The molecule has 0 aliphatic heterocycles. The van der Waals surface area contributed by atoms with Gasteiger partial charge in [-0.15, -0.1) is 0 Å². The van der Waals surface area contributed by atoms with Gasteiger partial charge in [-0.3, -0.25) is 9.78 Å². The number of pyridine rings is 1. The number of rotatable bonds is 6. The van der Waals surface area contributed by atoms with Crippen LogP contribution in [-0.2, 0) is 9.53 Å². The lowest BCUT2D eigenvalue weighted by atomic mass is 10.0. The summed E-state index contributed by atoms with van der Waals surface area (Å²) in [5.74, 6) is -0.640. The van der Waals surface area contributed by atoms with Crippen LogP contribution in [0.15, 0.2) is 54.7 Å². The highest BCUT2D eigenvalue weighted by atomic mass is 19.4. The van der Waals surface area contributed by atoms with E-state index in [1.54, 1.807) is 48.7 Å². The van der Waals surface area contributed by atoms with E-state index in [1.807, 2.05) is 6.07 Å². The molecular weight excluding hydrogens is 321 g/mol. The summed E-state index contributed by atoms with van der Waals surface area (Å²) >= 11 is 0. The van der Waals surface area contributed by atoms with E-state index in [2.05, 4.69) is 15.0 Å². The number of hydrogen-bond donors (Lipinski definition) is 1. The molecule has 0 saturated carbocycles. The van der Waals surface area contributed by atoms with Gasteiger partial charge in [-0.1, -0.05) is 36.4 Å². The summed E-state index contributed by atoms with van der Waals surface area (Å²) in [4.78, 5) is 16.4. The number of nitrogens with zero attached hydrogens (tertiary/aromatic N) is 1. The molecule has 1 aromatic carbocycles. The van der Waals surface area contributed by atoms with Crippen molar-refractivity contribution in [3.8, 4) is 0 Å². The largest absolute Gasteiger partial charge is 0.411 e. The number of benzene rings is 1. The first-order valence-corrected chi connectivity index (χ1v) is 7.31. The summed E-state index contributed by atoms with van der Waals surface area (Å²) in [5, 5.41) is 2.69. The van der Waals surface area contributed by atoms with Crippen molar-refractivity contribution in [3.63, 3.8) is 0 Å². The summed E-state index contributed by atoms with van der Waals surface area (Å²) in [6.07, 6.45) is -4.13. The molecule has 0 bridgehead atoms. The molecular formula is C17H17F3N2O2. The van der Waals surface area contributed by atoms with Gasteiger partial charge in [0.1, 0.15) is 12.7 Å². The van der Waals surface area contributed by atoms with Gasteiger partial charge in [0.25, 0.3) is 0 Å². The number of hydrogen-bond acceptors (Lipinski definition) is 3. The first-order chi connectivity index (χ1) is 11.4. The zero-order valence-electron chi connectivity index (χ0n) is 13.0.